The summed E-state index contributed by atoms with van der Waals surface area (Å²) in [6, 6.07) is 0. The first-order valence-corrected chi connectivity index (χ1v) is 5.64. The SMILES string of the molecule is CC.CCN(C)/C=C\C/C(=C\C=O)C(C)=O. The maximum atomic E-state index is 11.0. The average molecular weight is 225 g/mol. The van der Waals surface area contributed by atoms with Crippen LogP contribution in [-0.4, -0.2) is 30.6 Å². The lowest BCUT2D eigenvalue weighted by Gasteiger charge is -2.08. The number of ketones is 1. The minimum absolute atomic E-state index is 0.0547. The van der Waals surface area contributed by atoms with Gasteiger partial charge in [0, 0.05) is 19.2 Å². The van der Waals surface area contributed by atoms with Gasteiger partial charge in [0.2, 0.25) is 0 Å². The van der Waals surface area contributed by atoms with Crippen LogP contribution in [0.3, 0.4) is 0 Å². The summed E-state index contributed by atoms with van der Waals surface area (Å²) in [5.74, 6) is -0.0547. The molecule has 0 saturated carbocycles. The molecule has 92 valence electrons. The number of nitrogens with zero attached hydrogens (tertiary/aromatic N) is 1. The quantitative estimate of drug-likeness (QED) is 0.515. The highest BCUT2D eigenvalue weighted by molar-refractivity contribution is 5.96. The monoisotopic (exact) mass is 225 g/mol. The van der Waals surface area contributed by atoms with E-state index < -0.39 is 0 Å². The Morgan fingerprint density at radius 2 is 1.88 bits per heavy atom. The van der Waals surface area contributed by atoms with Crippen LogP contribution in [0.5, 0.6) is 0 Å². The standard InChI is InChI=1S/C11H17NO2.C2H6/c1-4-12(3)8-5-6-11(7-9-13)10(2)14;1-2/h5,7-9H,4,6H2,1-3H3;1-2H3/b8-5-,11-7+;. The lowest BCUT2D eigenvalue weighted by Crippen LogP contribution is -2.08. The van der Waals surface area contributed by atoms with Crippen LogP contribution in [0.2, 0.25) is 0 Å². The molecule has 0 heterocycles. The number of allylic oxidation sites excluding steroid dienone is 3. The minimum atomic E-state index is -0.0547. The Labute approximate surface area is 98.8 Å². The first kappa shape index (κ1) is 17.0. The van der Waals surface area contributed by atoms with Crippen molar-refractivity contribution >= 4 is 12.1 Å². The van der Waals surface area contributed by atoms with Crippen molar-refractivity contribution < 1.29 is 9.59 Å². The van der Waals surface area contributed by atoms with E-state index in [0.717, 1.165) is 6.54 Å². The number of carbonyl (C=O) groups is 2. The molecule has 0 rings (SSSR count). The second-order valence-corrected chi connectivity index (χ2v) is 3.05. The van der Waals surface area contributed by atoms with Gasteiger partial charge in [0.05, 0.1) is 0 Å². The van der Waals surface area contributed by atoms with Gasteiger partial charge in [0.25, 0.3) is 0 Å². The first-order chi connectivity index (χ1) is 7.61. The fourth-order valence-electron chi connectivity index (χ4n) is 0.876. The molecule has 0 amide bonds. The summed E-state index contributed by atoms with van der Waals surface area (Å²) in [5.41, 5.74) is 0.542. The highest BCUT2D eigenvalue weighted by Crippen LogP contribution is 2.03. The molecule has 0 fully saturated rings. The predicted molar refractivity (Wildman–Crippen MR) is 68.2 cm³/mol. The zero-order valence-electron chi connectivity index (χ0n) is 11.0. The Balaban J connectivity index is 0. The number of aldehydes is 1. The van der Waals surface area contributed by atoms with E-state index in [1.165, 1.54) is 13.0 Å². The maximum Gasteiger partial charge on any atom is 0.156 e. The fraction of sp³-hybridized carbons (Fsp3) is 0.538. The van der Waals surface area contributed by atoms with Gasteiger partial charge in [-0.1, -0.05) is 19.9 Å². The van der Waals surface area contributed by atoms with Crippen molar-refractivity contribution in [1.29, 1.82) is 0 Å². The van der Waals surface area contributed by atoms with Gasteiger partial charge in [-0.25, -0.2) is 0 Å². The Morgan fingerprint density at radius 1 is 1.31 bits per heavy atom. The lowest BCUT2D eigenvalue weighted by molar-refractivity contribution is -0.114. The number of rotatable bonds is 6. The molecular weight excluding hydrogens is 202 g/mol. The van der Waals surface area contributed by atoms with Crippen molar-refractivity contribution in [2.75, 3.05) is 13.6 Å². The van der Waals surface area contributed by atoms with E-state index in [1.54, 1.807) is 0 Å². The van der Waals surface area contributed by atoms with Gasteiger partial charge in [-0.15, -0.1) is 0 Å². The van der Waals surface area contributed by atoms with Crippen LogP contribution in [0.1, 0.15) is 34.1 Å². The molecule has 0 spiro atoms. The first-order valence-electron chi connectivity index (χ1n) is 5.64. The van der Waals surface area contributed by atoms with Crippen LogP contribution < -0.4 is 0 Å². The van der Waals surface area contributed by atoms with Crippen molar-refractivity contribution in [3.05, 3.63) is 23.9 Å². The highest BCUT2D eigenvalue weighted by Gasteiger charge is 1.99. The molecule has 0 unspecified atom stereocenters. The van der Waals surface area contributed by atoms with Crippen LogP contribution >= 0.6 is 0 Å². The molecule has 0 aromatic rings. The summed E-state index contributed by atoms with van der Waals surface area (Å²) in [6.07, 6.45) is 6.26. The maximum absolute atomic E-state index is 11.0. The molecular formula is C13H23NO2. The fourth-order valence-corrected chi connectivity index (χ4v) is 0.876. The summed E-state index contributed by atoms with van der Waals surface area (Å²) >= 11 is 0. The second-order valence-electron chi connectivity index (χ2n) is 3.05. The van der Waals surface area contributed by atoms with Crippen molar-refractivity contribution in [1.82, 2.24) is 4.90 Å². The van der Waals surface area contributed by atoms with E-state index in [0.29, 0.717) is 18.3 Å². The van der Waals surface area contributed by atoms with Crippen molar-refractivity contribution in [2.45, 2.75) is 34.1 Å². The van der Waals surface area contributed by atoms with Crippen LogP contribution in [0.15, 0.2) is 23.9 Å². The van der Waals surface area contributed by atoms with Gasteiger partial charge in [0.1, 0.15) is 6.29 Å². The molecule has 0 radical (unpaired) electrons. The van der Waals surface area contributed by atoms with Crippen molar-refractivity contribution in [3.8, 4) is 0 Å². The Bertz CT molecular complexity index is 255. The third-order valence-corrected chi connectivity index (χ3v) is 1.92. The largest absolute Gasteiger partial charge is 0.381 e. The molecule has 0 atom stereocenters. The summed E-state index contributed by atoms with van der Waals surface area (Å²) < 4.78 is 0. The van der Waals surface area contributed by atoms with E-state index in [4.69, 9.17) is 0 Å². The zero-order valence-corrected chi connectivity index (χ0v) is 11.0. The van der Waals surface area contributed by atoms with Crippen LogP contribution in [0.4, 0.5) is 0 Å². The predicted octanol–water partition coefficient (Wildman–Crippen LogP) is 2.58. The average Bonchev–Trinajstić information content (AvgIpc) is 2.30. The Morgan fingerprint density at radius 3 is 2.25 bits per heavy atom. The van der Waals surface area contributed by atoms with Crippen molar-refractivity contribution in [2.24, 2.45) is 0 Å². The van der Waals surface area contributed by atoms with Crippen molar-refractivity contribution in [3.63, 3.8) is 0 Å². The third-order valence-electron chi connectivity index (χ3n) is 1.92. The third kappa shape index (κ3) is 9.19. The van der Waals surface area contributed by atoms with E-state index in [2.05, 4.69) is 0 Å². The molecule has 0 aliphatic rings. The number of hydrogen-bond acceptors (Lipinski definition) is 3. The zero-order chi connectivity index (χ0) is 13.0. The molecule has 3 heteroatoms. The lowest BCUT2D eigenvalue weighted by atomic mass is 10.1. The minimum Gasteiger partial charge on any atom is -0.381 e. The molecule has 3 nitrogen and oxygen atoms in total. The Hall–Kier alpha value is -1.38. The van der Waals surface area contributed by atoms with E-state index in [1.807, 2.05) is 45.0 Å². The summed E-state index contributed by atoms with van der Waals surface area (Å²) in [4.78, 5) is 23.2. The van der Waals surface area contributed by atoms with Crippen LogP contribution in [0.25, 0.3) is 0 Å². The molecule has 0 saturated heterocycles. The molecule has 0 N–H and O–H groups in total. The van der Waals surface area contributed by atoms with Gasteiger partial charge in [-0.2, -0.15) is 0 Å². The van der Waals surface area contributed by atoms with E-state index in [9.17, 15) is 9.59 Å². The molecule has 0 aliphatic carbocycles. The number of carbonyl (C=O) groups excluding carboxylic acids is 2. The van der Waals surface area contributed by atoms with Gasteiger partial charge in [0.15, 0.2) is 5.78 Å². The molecule has 0 aromatic carbocycles. The van der Waals surface area contributed by atoms with E-state index in [-0.39, 0.29) is 5.78 Å². The summed E-state index contributed by atoms with van der Waals surface area (Å²) in [5, 5.41) is 0. The highest BCUT2D eigenvalue weighted by atomic mass is 16.1. The molecule has 0 bridgehead atoms. The molecule has 0 aliphatic heterocycles. The van der Waals surface area contributed by atoms with E-state index >= 15 is 0 Å². The topological polar surface area (TPSA) is 37.4 Å². The number of hydrogen-bond donors (Lipinski definition) is 0. The van der Waals surface area contributed by atoms with Gasteiger partial charge in [-0.3, -0.25) is 9.59 Å². The smallest absolute Gasteiger partial charge is 0.156 e. The normalized spacial score (nSPS) is 10.7. The Kier molecular flexibility index (Phi) is 12.4. The van der Waals surface area contributed by atoms with Gasteiger partial charge >= 0.3 is 0 Å². The molecule has 0 aromatic heterocycles. The van der Waals surface area contributed by atoms with Gasteiger partial charge < -0.3 is 4.90 Å². The van der Waals surface area contributed by atoms with Crippen LogP contribution in [-0.2, 0) is 9.59 Å². The van der Waals surface area contributed by atoms with Gasteiger partial charge in [-0.05, 0) is 32.5 Å². The van der Waals surface area contributed by atoms with Crippen LogP contribution in [0, 0.1) is 0 Å². The summed E-state index contributed by atoms with van der Waals surface area (Å²) in [6.45, 7) is 8.42. The summed E-state index contributed by atoms with van der Waals surface area (Å²) in [7, 11) is 1.95. The second kappa shape index (κ2) is 11.7. The number of Topliss-reactive ketones (excluding diaryl/α,β-unsaturated/α-hetero) is 1. The molecule has 16 heavy (non-hydrogen) atoms.